The second kappa shape index (κ2) is 11.5. The Balaban J connectivity index is 1.45. The average Bonchev–Trinajstić information content (AvgIpc) is 3.38. The molecule has 0 aliphatic carbocycles. The number of benzene rings is 2. The number of nitrogens with zero attached hydrogens (tertiary/aromatic N) is 4. The lowest BCUT2D eigenvalue weighted by molar-refractivity contribution is -0.360. The van der Waals surface area contributed by atoms with Gasteiger partial charge in [0.2, 0.25) is 0 Å². The minimum Gasteiger partial charge on any atom is -0.465 e. The van der Waals surface area contributed by atoms with Crippen LogP contribution in [-0.4, -0.2) is 63.8 Å². The van der Waals surface area contributed by atoms with E-state index in [9.17, 15) is 31.9 Å². The summed E-state index contributed by atoms with van der Waals surface area (Å²) in [4.78, 5) is 17.4. The molecular weight excluding hydrogens is 531 g/mol. The van der Waals surface area contributed by atoms with Crippen molar-refractivity contribution in [1.82, 2.24) is 14.8 Å². The number of alkyl halides is 5. The van der Waals surface area contributed by atoms with Crippen molar-refractivity contribution >= 4 is 11.8 Å². The maximum absolute atomic E-state index is 13.1. The second-order valence-corrected chi connectivity index (χ2v) is 8.67. The molecule has 0 radical (unpaired) electrons. The van der Waals surface area contributed by atoms with E-state index in [0.29, 0.717) is 43.0 Å². The Labute approximate surface area is 219 Å². The monoisotopic (exact) mass is 556 g/mol. The lowest BCUT2D eigenvalue weighted by atomic mass is 10.1. The van der Waals surface area contributed by atoms with Gasteiger partial charge in [0.15, 0.2) is 5.82 Å². The third kappa shape index (κ3) is 6.63. The van der Waals surface area contributed by atoms with Crippen molar-refractivity contribution in [2.45, 2.75) is 50.8 Å². The van der Waals surface area contributed by atoms with Gasteiger partial charge in [-0.15, -0.1) is 5.10 Å². The van der Waals surface area contributed by atoms with Crippen molar-refractivity contribution in [1.29, 1.82) is 0 Å². The van der Waals surface area contributed by atoms with Crippen LogP contribution in [0.15, 0.2) is 54.9 Å². The molecule has 0 bridgehead atoms. The maximum atomic E-state index is 13.1. The van der Waals surface area contributed by atoms with Gasteiger partial charge in [-0.2, -0.15) is 22.0 Å². The zero-order chi connectivity index (χ0) is 28.2. The summed E-state index contributed by atoms with van der Waals surface area (Å²) >= 11 is 0. The minimum absolute atomic E-state index is 0.0975. The Morgan fingerprint density at radius 2 is 1.82 bits per heavy atom. The molecule has 1 saturated heterocycles. The van der Waals surface area contributed by atoms with Crippen LogP contribution in [0.2, 0.25) is 0 Å². The Morgan fingerprint density at radius 1 is 1.13 bits per heavy atom. The van der Waals surface area contributed by atoms with Crippen molar-refractivity contribution in [3.05, 3.63) is 54.9 Å². The molecule has 0 saturated carbocycles. The fourth-order valence-corrected chi connectivity index (χ4v) is 3.93. The van der Waals surface area contributed by atoms with Crippen molar-refractivity contribution in [3.8, 4) is 22.8 Å². The summed E-state index contributed by atoms with van der Waals surface area (Å²) in [6.07, 6.45) is -9.88. The molecule has 2 unspecified atom stereocenters. The van der Waals surface area contributed by atoms with E-state index in [2.05, 4.69) is 14.8 Å². The molecular formula is C25H25F5N4O5. The summed E-state index contributed by atoms with van der Waals surface area (Å²) in [6.45, 7) is 2.96. The maximum Gasteiger partial charge on any atom is 0.499 e. The lowest BCUT2D eigenvalue weighted by Crippen LogP contribution is -2.46. The number of carboxylic acid groups (broad SMARTS) is 1. The molecule has 4 rings (SSSR count). The molecule has 0 spiro atoms. The van der Waals surface area contributed by atoms with Gasteiger partial charge in [0, 0.05) is 24.3 Å². The molecule has 1 aliphatic heterocycles. The van der Waals surface area contributed by atoms with Gasteiger partial charge in [-0.25, -0.2) is 14.5 Å². The highest BCUT2D eigenvalue weighted by Gasteiger charge is 2.61. The van der Waals surface area contributed by atoms with Gasteiger partial charge in [0.25, 0.3) is 0 Å². The molecule has 1 amide bonds. The Kier molecular flexibility index (Phi) is 8.35. The number of ether oxygens (including phenoxy) is 3. The molecule has 210 valence electrons. The highest BCUT2D eigenvalue weighted by atomic mass is 19.4. The Hall–Kier alpha value is -3.78. The number of rotatable bonds is 9. The van der Waals surface area contributed by atoms with Crippen molar-refractivity contribution in [3.63, 3.8) is 0 Å². The van der Waals surface area contributed by atoms with Gasteiger partial charge in [-0.1, -0.05) is 6.92 Å². The highest BCUT2D eigenvalue weighted by Crippen LogP contribution is 2.37. The van der Waals surface area contributed by atoms with E-state index in [0.717, 1.165) is 23.5 Å². The lowest BCUT2D eigenvalue weighted by Gasteiger charge is -2.35. The van der Waals surface area contributed by atoms with Crippen LogP contribution in [0.1, 0.15) is 26.2 Å². The number of amides is 1. The fraction of sp³-hybridized carbons (Fsp3) is 0.400. The van der Waals surface area contributed by atoms with Crippen LogP contribution in [-0.2, 0) is 9.47 Å². The molecule has 14 heteroatoms. The number of halogens is 5. The largest absolute Gasteiger partial charge is 0.499 e. The number of aromatic nitrogens is 3. The average molecular weight is 556 g/mol. The zero-order valence-electron chi connectivity index (χ0n) is 20.6. The van der Waals surface area contributed by atoms with Gasteiger partial charge < -0.3 is 19.3 Å². The van der Waals surface area contributed by atoms with E-state index in [-0.39, 0.29) is 11.9 Å². The van der Waals surface area contributed by atoms with Gasteiger partial charge in [0.05, 0.1) is 18.4 Å². The topological polar surface area (TPSA) is 98.9 Å². The van der Waals surface area contributed by atoms with Crippen molar-refractivity contribution < 1.29 is 46.1 Å². The molecule has 1 aliphatic rings. The van der Waals surface area contributed by atoms with E-state index >= 15 is 0 Å². The second-order valence-electron chi connectivity index (χ2n) is 8.67. The van der Waals surface area contributed by atoms with E-state index in [1.807, 2.05) is 6.92 Å². The fourth-order valence-electron chi connectivity index (χ4n) is 3.93. The van der Waals surface area contributed by atoms with Gasteiger partial charge in [-0.3, -0.25) is 4.90 Å². The molecule has 2 heterocycles. The standard InChI is InChI=1S/C25H25F5N4O5/c1-2-12-37-20-11-13-38-21(14-20)34(23(35)36)18-5-3-16(4-6-18)22-31-15-33(32-22)17-7-9-19(10-8-17)39-25(29,30)24(26,27)28/h3-10,15,20-21H,2,11-14H2,1H3,(H,35,36). The van der Waals surface area contributed by atoms with Gasteiger partial charge in [0.1, 0.15) is 18.3 Å². The summed E-state index contributed by atoms with van der Waals surface area (Å²) in [5.74, 6) is -0.403. The predicted octanol–water partition coefficient (Wildman–Crippen LogP) is 5.88. The first-order chi connectivity index (χ1) is 18.5. The van der Waals surface area contributed by atoms with Gasteiger partial charge in [-0.05, 0) is 61.4 Å². The normalized spacial score (nSPS) is 18.1. The predicted molar refractivity (Wildman–Crippen MR) is 128 cm³/mol. The molecule has 9 nitrogen and oxygen atoms in total. The molecule has 2 atom stereocenters. The van der Waals surface area contributed by atoms with E-state index in [1.165, 1.54) is 23.1 Å². The number of anilines is 1. The van der Waals surface area contributed by atoms with Crippen molar-refractivity contribution in [2.75, 3.05) is 18.1 Å². The van der Waals surface area contributed by atoms with Crippen molar-refractivity contribution in [2.24, 2.45) is 0 Å². The SMILES string of the molecule is CCCOC1CCOC(N(C(=O)O)c2ccc(-c3ncn(-c4ccc(OC(F)(F)C(F)(F)F)cc4)n3)cc2)C1. The third-order valence-electron chi connectivity index (χ3n) is 5.84. The van der Waals surface area contributed by atoms with Gasteiger partial charge >= 0.3 is 18.4 Å². The van der Waals surface area contributed by atoms with Crippen LogP contribution >= 0.6 is 0 Å². The smallest absolute Gasteiger partial charge is 0.465 e. The highest BCUT2D eigenvalue weighted by molar-refractivity contribution is 5.86. The molecule has 2 aromatic carbocycles. The molecule has 1 N–H and O–H groups in total. The zero-order valence-corrected chi connectivity index (χ0v) is 20.6. The summed E-state index contributed by atoms with van der Waals surface area (Å²) in [6, 6.07) is 10.9. The number of hydrogen-bond donors (Lipinski definition) is 1. The Bertz CT molecular complexity index is 1250. The quantitative estimate of drug-likeness (QED) is 0.329. The molecule has 3 aromatic rings. The first-order valence-electron chi connectivity index (χ1n) is 12.0. The summed E-state index contributed by atoms with van der Waals surface area (Å²) < 4.78 is 79.8. The first-order valence-corrected chi connectivity index (χ1v) is 12.0. The number of hydrogen-bond acceptors (Lipinski definition) is 6. The number of carbonyl (C=O) groups is 1. The van der Waals surface area contributed by atoms with E-state index in [1.54, 1.807) is 24.3 Å². The van der Waals surface area contributed by atoms with Crippen LogP contribution in [0.4, 0.5) is 32.4 Å². The first kappa shape index (κ1) is 28.2. The van der Waals surface area contributed by atoms with Crippen LogP contribution in [0.3, 0.4) is 0 Å². The third-order valence-corrected chi connectivity index (χ3v) is 5.84. The van der Waals surface area contributed by atoms with Crippen LogP contribution < -0.4 is 9.64 Å². The summed E-state index contributed by atoms with van der Waals surface area (Å²) in [7, 11) is 0. The molecule has 1 aromatic heterocycles. The minimum atomic E-state index is -5.85. The van der Waals surface area contributed by atoms with Crippen LogP contribution in [0, 0.1) is 0 Å². The van der Waals surface area contributed by atoms with Crippen LogP contribution in [0.25, 0.3) is 17.1 Å². The summed E-state index contributed by atoms with van der Waals surface area (Å²) in [5.41, 5.74) is 1.28. The van der Waals surface area contributed by atoms with Crippen LogP contribution in [0.5, 0.6) is 5.75 Å². The molecule has 39 heavy (non-hydrogen) atoms. The molecule has 1 fully saturated rings. The Morgan fingerprint density at radius 3 is 2.44 bits per heavy atom. The van der Waals surface area contributed by atoms with E-state index < -0.39 is 30.4 Å². The summed E-state index contributed by atoms with van der Waals surface area (Å²) in [5, 5.41) is 14.1. The van der Waals surface area contributed by atoms with E-state index in [4.69, 9.17) is 9.47 Å².